The van der Waals surface area contributed by atoms with Crippen molar-refractivity contribution < 1.29 is 13.2 Å². The van der Waals surface area contributed by atoms with E-state index in [0.29, 0.717) is 24.2 Å². The van der Waals surface area contributed by atoms with Crippen LogP contribution in [0.3, 0.4) is 0 Å². The average molecular weight is 404 g/mol. The highest BCUT2D eigenvalue weighted by molar-refractivity contribution is 7.88. The minimum atomic E-state index is -3.28. The molecule has 1 unspecified atom stereocenters. The second-order valence-electron chi connectivity index (χ2n) is 6.99. The van der Waals surface area contributed by atoms with E-state index < -0.39 is 10.0 Å². The van der Waals surface area contributed by atoms with Gasteiger partial charge >= 0.3 is 0 Å². The third kappa shape index (κ3) is 3.44. The number of rotatable bonds is 2. The van der Waals surface area contributed by atoms with Crippen LogP contribution in [0, 0.1) is 5.92 Å². The molecule has 1 amide bonds. The third-order valence-electron chi connectivity index (χ3n) is 5.11. The molecule has 0 radical (unpaired) electrons. The molecule has 2 aromatic carbocycles. The summed E-state index contributed by atoms with van der Waals surface area (Å²) >= 11 is 1.50. The molecule has 1 aliphatic rings. The Balaban J connectivity index is 1.73. The number of nitrogens with zero attached hydrogens (tertiary/aromatic N) is 3. The number of sulfonamides is 1. The first kappa shape index (κ1) is 18.3. The molecule has 3 aromatic rings. The van der Waals surface area contributed by atoms with E-state index in [4.69, 9.17) is 0 Å². The van der Waals surface area contributed by atoms with Crippen LogP contribution in [0.1, 0.15) is 12.8 Å². The summed E-state index contributed by atoms with van der Waals surface area (Å²) in [6.07, 6.45) is 2.54. The van der Waals surface area contributed by atoms with Gasteiger partial charge in [-0.2, -0.15) is 4.99 Å². The molecule has 0 spiro atoms. The molecule has 1 saturated heterocycles. The lowest BCUT2D eigenvalue weighted by Gasteiger charge is -2.28. The van der Waals surface area contributed by atoms with Crippen LogP contribution in [-0.2, 0) is 21.9 Å². The molecule has 2 heterocycles. The first-order chi connectivity index (χ1) is 12.8. The molecule has 27 heavy (non-hydrogen) atoms. The lowest BCUT2D eigenvalue weighted by atomic mass is 9.99. The lowest BCUT2D eigenvalue weighted by Crippen LogP contribution is -2.41. The molecular formula is C19H21N3O3S2. The molecule has 142 valence electrons. The van der Waals surface area contributed by atoms with Crippen molar-refractivity contribution in [2.24, 2.45) is 18.0 Å². The fraction of sp³-hybridized carbons (Fsp3) is 0.368. The van der Waals surface area contributed by atoms with Crippen molar-refractivity contribution in [1.29, 1.82) is 0 Å². The zero-order chi connectivity index (χ0) is 19.2. The summed E-state index contributed by atoms with van der Waals surface area (Å²) in [5, 5.41) is 2.30. The number of hydrogen-bond acceptors (Lipinski definition) is 4. The van der Waals surface area contributed by atoms with Crippen LogP contribution in [0.5, 0.6) is 0 Å². The fourth-order valence-electron chi connectivity index (χ4n) is 3.59. The quantitative estimate of drug-likeness (QED) is 0.660. The number of carbonyl (C=O) groups is 1. The summed E-state index contributed by atoms with van der Waals surface area (Å²) in [4.78, 5) is 17.7. The molecule has 0 aliphatic carbocycles. The minimum Gasteiger partial charge on any atom is -0.319 e. The number of aryl methyl sites for hydroxylation is 1. The van der Waals surface area contributed by atoms with E-state index in [0.717, 1.165) is 21.0 Å². The maximum absolute atomic E-state index is 12.7. The first-order valence-corrected chi connectivity index (χ1v) is 11.5. The van der Waals surface area contributed by atoms with Gasteiger partial charge in [-0.15, -0.1) is 0 Å². The van der Waals surface area contributed by atoms with Crippen LogP contribution >= 0.6 is 11.3 Å². The molecule has 1 aromatic heterocycles. The van der Waals surface area contributed by atoms with Gasteiger partial charge in [-0.3, -0.25) is 4.79 Å². The summed E-state index contributed by atoms with van der Waals surface area (Å²) in [6.45, 7) is 0.698. The monoisotopic (exact) mass is 403 g/mol. The number of aromatic nitrogens is 1. The summed E-state index contributed by atoms with van der Waals surface area (Å²) in [5.74, 6) is -0.620. The van der Waals surface area contributed by atoms with Gasteiger partial charge in [0.25, 0.3) is 5.91 Å². The SMILES string of the molecule is Cn1c(=NC(=O)C2CCCN(S(C)(=O)=O)C2)sc2c3ccccc3ccc21. The maximum atomic E-state index is 12.7. The van der Waals surface area contributed by atoms with Crippen LogP contribution in [-0.4, -0.2) is 42.5 Å². The van der Waals surface area contributed by atoms with Crippen molar-refractivity contribution in [1.82, 2.24) is 8.87 Å². The van der Waals surface area contributed by atoms with Gasteiger partial charge in [0.1, 0.15) is 0 Å². The van der Waals surface area contributed by atoms with Gasteiger partial charge in [0, 0.05) is 25.5 Å². The molecule has 8 heteroatoms. The van der Waals surface area contributed by atoms with Crippen molar-refractivity contribution in [3.05, 3.63) is 41.2 Å². The third-order valence-corrected chi connectivity index (χ3v) is 7.56. The first-order valence-electron chi connectivity index (χ1n) is 8.85. The Kier molecular flexibility index (Phi) is 4.65. The van der Waals surface area contributed by atoms with E-state index in [1.807, 2.05) is 29.8 Å². The number of fused-ring (bicyclic) bond motifs is 3. The Bertz CT molecular complexity index is 1210. The lowest BCUT2D eigenvalue weighted by molar-refractivity contribution is -0.122. The second kappa shape index (κ2) is 6.85. The Hall–Kier alpha value is -2.03. The van der Waals surface area contributed by atoms with E-state index in [1.165, 1.54) is 21.9 Å². The van der Waals surface area contributed by atoms with Crippen LogP contribution in [0.15, 0.2) is 41.4 Å². The van der Waals surface area contributed by atoms with Crippen molar-refractivity contribution in [3.63, 3.8) is 0 Å². The van der Waals surface area contributed by atoms with Gasteiger partial charge in [-0.1, -0.05) is 41.7 Å². The standard InChI is InChI=1S/C19H21N3O3S2/c1-21-16-10-9-13-6-3-4-8-15(13)17(16)26-19(21)20-18(23)14-7-5-11-22(12-14)27(2,24)25/h3-4,6,8-10,14H,5,7,11-12H2,1-2H3. The highest BCUT2D eigenvalue weighted by Crippen LogP contribution is 2.27. The van der Waals surface area contributed by atoms with Crippen molar-refractivity contribution in [3.8, 4) is 0 Å². The molecule has 4 rings (SSSR count). The Morgan fingerprint density at radius 3 is 2.78 bits per heavy atom. The van der Waals surface area contributed by atoms with Crippen LogP contribution < -0.4 is 4.80 Å². The molecular weight excluding hydrogens is 382 g/mol. The molecule has 1 fully saturated rings. The molecule has 1 atom stereocenters. The van der Waals surface area contributed by atoms with Crippen LogP contribution in [0.2, 0.25) is 0 Å². The van der Waals surface area contributed by atoms with Gasteiger partial charge in [0.05, 0.1) is 22.4 Å². The van der Waals surface area contributed by atoms with E-state index in [9.17, 15) is 13.2 Å². The smallest absolute Gasteiger partial charge is 0.252 e. The van der Waals surface area contributed by atoms with Gasteiger partial charge in [0.2, 0.25) is 10.0 Å². The predicted molar refractivity (Wildman–Crippen MR) is 108 cm³/mol. The molecule has 1 aliphatic heterocycles. The fourth-order valence-corrected chi connectivity index (χ4v) is 5.66. The average Bonchev–Trinajstić information content (AvgIpc) is 2.97. The van der Waals surface area contributed by atoms with Crippen molar-refractivity contribution >= 4 is 48.3 Å². The molecule has 6 nitrogen and oxygen atoms in total. The topological polar surface area (TPSA) is 71.7 Å². The second-order valence-corrected chi connectivity index (χ2v) is 9.95. The zero-order valence-corrected chi connectivity index (χ0v) is 16.9. The Morgan fingerprint density at radius 1 is 1.22 bits per heavy atom. The highest BCUT2D eigenvalue weighted by Gasteiger charge is 2.30. The number of piperidine rings is 1. The van der Waals surface area contributed by atoms with E-state index in [1.54, 1.807) is 0 Å². The van der Waals surface area contributed by atoms with Gasteiger partial charge < -0.3 is 4.57 Å². The molecule has 0 bridgehead atoms. The maximum Gasteiger partial charge on any atom is 0.252 e. The van der Waals surface area contributed by atoms with Crippen LogP contribution in [0.25, 0.3) is 21.0 Å². The molecule has 0 N–H and O–H groups in total. The van der Waals surface area contributed by atoms with Gasteiger partial charge in [-0.25, -0.2) is 12.7 Å². The van der Waals surface area contributed by atoms with E-state index in [2.05, 4.69) is 23.2 Å². The molecule has 0 saturated carbocycles. The Morgan fingerprint density at radius 2 is 2.00 bits per heavy atom. The largest absolute Gasteiger partial charge is 0.319 e. The van der Waals surface area contributed by atoms with Crippen molar-refractivity contribution in [2.75, 3.05) is 19.3 Å². The predicted octanol–water partition coefficient (Wildman–Crippen LogP) is 2.49. The van der Waals surface area contributed by atoms with Crippen molar-refractivity contribution in [2.45, 2.75) is 12.8 Å². The van der Waals surface area contributed by atoms with Gasteiger partial charge in [-0.05, 0) is 24.3 Å². The van der Waals surface area contributed by atoms with Gasteiger partial charge in [0.15, 0.2) is 4.80 Å². The van der Waals surface area contributed by atoms with E-state index >= 15 is 0 Å². The summed E-state index contributed by atoms with van der Waals surface area (Å²) in [7, 11) is -1.38. The Labute approximate surface area is 161 Å². The van der Waals surface area contributed by atoms with Crippen LogP contribution in [0.4, 0.5) is 0 Å². The van der Waals surface area contributed by atoms with E-state index in [-0.39, 0.29) is 18.4 Å². The zero-order valence-electron chi connectivity index (χ0n) is 15.3. The number of amides is 1. The number of hydrogen-bond donors (Lipinski definition) is 0. The summed E-state index contributed by atoms with van der Waals surface area (Å²) < 4.78 is 28.0. The summed E-state index contributed by atoms with van der Waals surface area (Å²) in [6, 6.07) is 12.3. The highest BCUT2D eigenvalue weighted by atomic mass is 32.2. The minimum absolute atomic E-state index is 0.221. The number of benzene rings is 2. The summed E-state index contributed by atoms with van der Waals surface area (Å²) in [5.41, 5.74) is 1.03. The number of thiazole rings is 1. The normalized spacial score (nSPS) is 19.8. The number of carbonyl (C=O) groups excluding carboxylic acids is 1.